The van der Waals surface area contributed by atoms with E-state index >= 15 is 0 Å². The minimum atomic E-state index is -0.0738. The lowest BCUT2D eigenvalue weighted by Gasteiger charge is -2.12. The Balaban J connectivity index is 1.82. The molecule has 30 heavy (non-hydrogen) atoms. The van der Waals surface area contributed by atoms with Crippen LogP contribution in [0.4, 0.5) is 5.69 Å². The molecule has 1 aliphatic rings. The van der Waals surface area contributed by atoms with Crippen molar-refractivity contribution in [3.05, 3.63) is 70.6 Å². The molecule has 1 heterocycles. The van der Waals surface area contributed by atoms with Gasteiger partial charge in [0.15, 0.2) is 5.17 Å². The first kappa shape index (κ1) is 22.0. The molecule has 7 heteroatoms. The number of benzene rings is 2. The third-order valence-corrected chi connectivity index (χ3v) is 5.49. The van der Waals surface area contributed by atoms with Crippen molar-refractivity contribution in [2.24, 2.45) is 4.99 Å². The van der Waals surface area contributed by atoms with Crippen molar-refractivity contribution < 1.29 is 14.3 Å². The fraction of sp³-hybridized carbons (Fsp3) is 0.217. The lowest BCUT2D eigenvalue weighted by molar-refractivity contribution is -0.122. The lowest BCUT2D eigenvalue weighted by atomic mass is 10.2. The number of likely N-dealkylation sites (N-methyl/N-ethyl adjacent to an activating group) is 1. The van der Waals surface area contributed by atoms with Gasteiger partial charge in [-0.1, -0.05) is 30.3 Å². The Morgan fingerprint density at radius 2 is 1.93 bits per heavy atom. The van der Waals surface area contributed by atoms with E-state index < -0.39 is 0 Å². The molecule has 1 saturated heterocycles. The van der Waals surface area contributed by atoms with Gasteiger partial charge in [-0.2, -0.15) is 0 Å². The number of ether oxygens (including phenoxy) is 2. The van der Waals surface area contributed by atoms with Crippen LogP contribution in [0.15, 0.2) is 65.0 Å². The van der Waals surface area contributed by atoms with Crippen molar-refractivity contribution in [1.82, 2.24) is 4.90 Å². The molecule has 0 atom stereocenters. The van der Waals surface area contributed by atoms with Crippen LogP contribution in [-0.2, 0) is 4.79 Å². The summed E-state index contributed by atoms with van der Waals surface area (Å²) in [6.45, 7) is 9.02. The molecule has 0 spiro atoms. The summed E-state index contributed by atoms with van der Waals surface area (Å²) >= 11 is 7.64. The zero-order valence-corrected chi connectivity index (χ0v) is 18.5. The van der Waals surface area contributed by atoms with E-state index in [2.05, 4.69) is 11.6 Å². The van der Waals surface area contributed by atoms with Crippen molar-refractivity contribution in [1.29, 1.82) is 0 Å². The van der Waals surface area contributed by atoms with Crippen LogP contribution in [0.3, 0.4) is 0 Å². The molecule has 0 saturated carbocycles. The van der Waals surface area contributed by atoms with E-state index in [0.29, 0.717) is 40.6 Å². The number of nitrogens with zero attached hydrogens (tertiary/aromatic N) is 2. The smallest absolute Gasteiger partial charge is 0.266 e. The first-order chi connectivity index (χ1) is 14.5. The van der Waals surface area contributed by atoms with Crippen LogP contribution < -0.4 is 9.47 Å². The topological polar surface area (TPSA) is 51.1 Å². The Morgan fingerprint density at radius 1 is 1.17 bits per heavy atom. The molecular formula is C23H23ClN2O3S. The van der Waals surface area contributed by atoms with Crippen LogP contribution in [-0.4, -0.2) is 35.7 Å². The first-order valence-electron chi connectivity index (χ1n) is 9.62. The van der Waals surface area contributed by atoms with Gasteiger partial charge < -0.3 is 9.47 Å². The Labute approximate surface area is 186 Å². The maximum atomic E-state index is 12.8. The van der Waals surface area contributed by atoms with Gasteiger partial charge in [-0.25, -0.2) is 4.99 Å². The van der Waals surface area contributed by atoms with Crippen molar-refractivity contribution in [3.63, 3.8) is 0 Å². The summed E-state index contributed by atoms with van der Waals surface area (Å²) in [5.74, 6) is 1.30. The zero-order chi connectivity index (χ0) is 21.5. The van der Waals surface area contributed by atoms with E-state index in [-0.39, 0.29) is 5.91 Å². The van der Waals surface area contributed by atoms with Crippen LogP contribution in [0.1, 0.15) is 19.4 Å². The molecule has 1 amide bonds. The van der Waals surface area contributed by atoms with Gasteiger partial charge in [0.25, 0.3) is 5.91 Å². The quantitative estimate of drug-likeness (QED) is 0.375. The van der Waals surface area contributed by atoms with Gasteiger partial charge in [-0.15, -0.1) is 0 Å². The van der Waals surface area contributed by atoms with Crippen LogP contribution in [0.5, 0.6) is 11.5 Å². The van der Waals surface area contributed by atoms with Crippen molar-refractivity contribution in [3.8, 4) is 11.5 Å². The molecule has 0 aromatic heterocycles. The fourth-order valence-electron chi connectivity index (χ4n) is 2.79. The van der Waals surface area contributed by atoms with Gasteiger partial charge in [0, 0.05) is 6.54 Å². The molecule has 1 fully saturated rings. The minimum Gasteiger partial charge on any atom is -0.494 e. The molecular weight excluding hydrogens is 420 g/mol. The summed E-state index contributed by atoms with van der Waals surface area (Å²) < 4.78 is 11.0. The van der Waals surface area contributed by atoms with Crippen LogP contribution >= 0.6 is 23.4 Å². The predicted octanol–water partition coefficient (Wildman–Crippen LogP) is 5.93. The van der Waals surface area contributed by atoms with Gasteiger partial charge in [-0.3, -0.25) is 9.69 Å². The first-order valence-corrected chi connectivity index (χ1v) is 10.8. The highest BCUT2D eigenvalue weighted by molar-refractivity contribution is 8.18. The molecule has 0 aliphatic carbocycles. The third kappa shape index (κ3) is 5.26. The Kier molecular flexibility index (Phi) is 7.60. The van der Waals surface area contributed by atoms with E-state index in [9.17, 15) is 4.79 Å². The second-order valence-electron chi connectivity index (χ2n) is 6.27. The Hall–Kier alpha value is -2.70. The largest absolute Gasteiger partial charge is 0.494 e. The van der Waals surface area contributed by atoms with Crippen LogP contribution in [0.2, 0.25) is 5.02 Å². The number of amides is 1. The fourth-order valence-corrected chi connectivity index (χ4v) is 4.09. The number of hydrogen-bond donors (Lipinski definition) is 0. The number of thioether (sulfide) groups is 1. The molecule has 2 aromatic rings. The number of amidine groups is 1. The molecule has 2 aromatic carbocycles. The van der Waals surface area contributed by atoms with Crippen LogP contribution in [0, 0.1) is 0 Å². The molecule has 156 valence electrons. The molecule has 3 rings (SSSR count). The minimum absolute atomic E-state index is 0.0738. The van der Waals surface area contributed by atoms with E-state index in [0.717, 1.165) is 17.0 Å². The maximum absolute atomic E-state index is 12.8. The number of rotatable bonds is 8. The van der Waals surface area contributed by atoms with E-state index in [1.165, 1.54) is 11.8 Å². The number of carbonyl (C=O) groups excluding carboxylic acids is 1. The predicted molar refractivity (Wildman–Crippen MR) is 125 cm³/mol. The van der Waals surface area contributed by atoms with Gasteiger partial charge in [0.05, 0.1) is 22.2 Å². The number of hydrogen-bond acceptors (Lipinski definition) is 5. The van der Waals surface area contributed by atoms with Crippen molar-refractivity contribution in [2.75, 3.05) is 19.8 Å². The molecule has 0 radical (unpaired) electrons. The second kappa shape index (κ2) is 10.4. The van der Waals surface area contributed by atoms with E-state index in [4.69, 9.17) is 21.1 Å². The third-order valence-electron chi connectivity index (χ3n) is 4.19. The Morgan fingerprint density at radius 3 is 2.57 bits per heavy atom. The SMILES string of the molecule is C=CCOc1ccc(C=C2SC(=Nc3ccc(OCC)cc3)N(CC)C2=O)cc1Cl. The highest BCUT2D eigenvalue weighted by Gasteiger charge is 2.32. The van der Waals surface area contributed by atoms with Gasteiger partial charge in [0.1, 0.15) is 18.1 Å². The summed E-state index contributed by atoms with van der Waals surface area (Å²) in [5, 5.41) is 1.13. The molecule has 0 unspecified atom stereocenters. The zero-order valence-electron chi connectivity index (χ0n) is 16.9. The summed E-state index contributed by atoms with van der Waals surface area (Å²) in [6, 6.07) is 12.9. The van der Waals surface area contributed by atoms with E-state index in [1.807, 2.05) is 50.3 Å². The molecule has 0 N–H and O–H groups in total. The highest BCUT2D eigenvalue weighted by atomic mass is 35.5. The summed E-state index contributed by atoms with van der Waals surface area (Å²) in [6.07, 6.45) is 3.48. The van der Waals surface area contributed by atoms with Crippen LogP contribution in [0.25, 0.3) is 6.08 Å². The van der Waals surface area contributed by atoms with Gasteiger partial charge >= 0.3 is 0 Å². The maximum Gasteiger partial charge on any atom is 0.266 e. The van der Waals surface area contributed by atoms with Crippen molar-refractivity contribution in [2.45, 2.75) is 13.8 Å². The number of halogens is 1. The lowest BCUT2D eigenvalue weighted by Crippen LogP contribution is -2.28. The average Bonchev–Trinajstić information content (AvgIpc) is 3.03. The standard InChI is InChI=1S/C23H23ClN2O3S/c1-4-13-29-20-12-7-16(14-19(20)24)15-21-22(27)26(5-2)23(30-21)25-17-8-10-18(11-9-17)28-6-3/h4,7-12,14-15H,1,5-6,13H2,2-3H3. The highest BCUT2D eigenvalue weighted by Crippen LogP contribution is 2.35. The molecule has 1 aliphatic heterocycles. The van der Waals surface area contributed by atoms with Gasteiger partial charge in [-0.05, 0) is 73.6 Å². The van der Waals surface area contributed by atoms with Gasteiger partial charge in [0.2, 0.25) is 0 Å². The number of carbonyl (C=O) groups is 1. The monoisotopic (exact) mass is 442 g/mol. The summed E-state index contributed by atoms with van der Waals surface area (Å²) in [4.78, 5) is 19.8. The van der Waals surface area contributed by atoms with E-state index in [1.54, 1.807) is 23.1 Å². The summed E-state index contributed by atoms with van der Waals surface area (Å²) in [5.41, 5.74) is 1.58. The molecule has 5 nitrogen and oxygen atoms in total. The number of aliphatic imine (C=N–C) groups is 1. The molecule has 0 bridgehead atoms. The van der Waals surface area contributed by atoms with Crippen molar-refractivity contribution >= 4 is 46.2 Å². The Bertz CT molecular complexity index is 986. The second-order valence-corrected chi connectivity index (χ2v) is 7.69. The normalized spacial score (nSPS) is 16.4. The summed E-state index contributed by atoms with van der Waals surface area (Å²) in [7, 11) is 0. The average molecular weight is 443 g/mol.